The van der Waals surface area contributed by atoms with Gasteiger partial charge in [-0.1, -0.05) is 170 Å². The summed E-state index contributed by atoms with van der Waals surface area (Å²) in [5.74, 6) is 0.708. The molecule has 0 bridgehead atoms. The lowest BCUT2D eigenvalue weighted by atomic mass is 9.69. The van der Waals surface area contributed by atoms with Gasteiger partial charge in [0.05, 0.1) is 28.0 Å². The van der Waals surface area contributed by atoms with Crippen molar-refractivity contribution in [2.24, 2.45) is 0 Å². The van der Waals surface area contributed by atoms with Crippen LogP contribution < -0.4 is 0 Å². The molecule has 0 saturated carbocycles. The Labute approximate surface area is 303 Å². The summed E-state index contributed by atoms with van der Waals surface area (Å²) in [4.78, 5) is 10.3. The van der Waals surface area contributed by atoms with Crippen molar-refractivity contribution < 1.29 is 0 Å². The summed E-state index contributed by atoms with van der Waals surface area (Å²) in [6, 6.07) is 71.5. The first kappa shape index (κ1) is 30.0. The normalized spacial score (nSPS) is 12.8. The summed E-state index contributed by atoms with van der Waals surface area (Å²) in [6.07, 6.45) is 0. The second-order valence-electron chi connectivity index (χ2n) is 13.3. The molecule has 7 aromatic carbocycles. The Morgan fingerprint density at radius 3 is 1.58 bits per heavy atom. The second kappa shape index (κ2) is 12.2. The molecule has 1 aliphatic carbocycles. The maximum Gasteiger partial charge on any atom is 0.160 e. The molecule has 0 spiro atoms. The van der Waals surface area contributed by atoms with Crippen molar-refractivity contribution in [2.75, 3.05) is 0 Å². The average Bonchev–Trinajstić information content (AvgIpc) is 3.73. The van der Waals surface area contributed by atoms with Crippen LogP contribution in [0.3, 0.4) is 0 Å². The fraction of sp³-hybridized carbons (Fsp3) is 0.0204. The summed E-state index contributed by atoms with van der Waals surface area (Å²) >= 11 is 0. The monoisotopic (exact) mass is 663 g/mol. The van der Waals surface area contributed by atoms with Crippen LogP contribution in [0.25, 0.3) is 61.6 Å². The molecule has 0 aliphatic heterocycles. The minimum Gasteiger partial charge on any atom is -0.311 e. The van der Waals surface area contributed by atoms with Gasteiger partial charge in [0, 0.05) is 33.3 Å². The quantitative estimate of drug-likeness (QED) is 0.177. The van der Waals surface area contributed by atoms with Gasteiger partial charge in [-0.25, -0.2) is 9.97 Å². The molecule has 0 amide bonds. The number of aromatic nitrogens is 3. The molecule has 1 aliphatic rings. The zero-order valence-electron chi connectivity index (χ0n) is 28.4. The fourth-order valence-corrected chi connectivity index (χ4v) is 8.27. The van der Waals surface area contributed by atoms with Gasteiger partial charge in [0.15, 0.2) is 5.82 Å². The molecule has 2 heterocycles. The third-order valence-electron chi connectivity index (χ3n) is 10.5. The summed E-state index contributed by atoms with van der Waals surface area (Å²) < 4.78 is 2.50. The number of nitrogens with zero attached hydrogens (tertiary/aromatic N) is 3. The predicted octanol–water partition coefficient (Wildman–Crippen LogP) is 11.8. The van der Waals surface area contributed by atoms with E-state index in [0.29, 0.717) is 5.82 Å². The third-order valence-corrected chi connectivity index (χ3v) is 10.5. The van der Waals surface area contributed by atoms with Crippen molar-refractivity contribution in [3.05, 3.63) is 223 Å². The Hall–Kier alpha value is -6.84. The van der Waals surface area contributed by atoms with Gasteiger partial charge in [0.25, 0.3) is 0 Å². The molecule has 0 radical (unpaired) electrons. The van der Waals surface area contributed by atoms with Gasteiger partial charge in [0.2, 0.25) is 0 Å². The molecule has 52 heavy (non-hydrogen) atoms. The maximum atomic E-state index is 5.25. The molecular weight excluding hydrogens is 631 g/mol. The van der Waals surface area contributed by atoms with Gasteiger partial charge in [-0.15, -0.1) is 0 Å². The van der Waals surface area contributed by atoms with Crippen LogP contribution in [-0.4, -0.2) is 14.5 Å². The molecule has 3 nitrogen and oxygen atoms in total. The van der Waals surface area contributed by atoms with E-state index in [0.717, 1.165) is 33.8 Å². The number of benzene rings is 7. The molecule has 0 atom stereocenters. The molecule has 2 aromatic heterocycles. The molecular formula is C49H33N3. The number of rotatable bonds is 6. The second-order valence-corrected chi connectivity index (χ2v) is 13.3. The zero-order valence-corrected chi connectivity index (χ0v) is 28.4. The predicted molar refractivity (Wildman–Crippen MR) is 212 cm³/mol. The SMILES string of the molecule is c1ccc(-c2cc(-c3ccc4c(c3)C(c3ccccc3)(c3ccccc3)c3c-4c4ccccc4n3-c3ccccc3)nc(-c3ccccc3)n2)cc1. The Morgan fingerprint density at radius 2 is 0.942 bits per heavy atom. The lowest BCUT2D eigenvalue weighted by Gasteiger charge is -2.35. The minimum atomic E-state index is -0.629. The summed E-state index contributed by atoms with van der Waals surface area (Å²) in [5, 5.41) is 1.24. The van der Waals surface area contributed by atoms with E-state index in [-0.39, 0.29) is 0 Å². The summed E-state index contributed by atoms with van der Waals surface area (Å²) in [5.41, 5.74) is 14.0. The van der Waals surface area contributed by atoms with Crippen LogP contribution in [0.2, 0.25) is 0 Å². The van der Waals surface area contributed by atoms with E-state index in [1.54, 1.807) is 0 Å². The van der Waals surface area contributed by atoms with Gasteiger partial charge in [-0.3, -0.25) is 0 Å². The molecule has 3 heteroatoms. The average molecular weight is 664 g/mol. The van der Waals surface area contributed by atoms with E-state index in [1.807, 2.05) is 24.3 Å². The lowest BCUT2D eigenvalue weighted by molar-refractivity contribution is 0.719. The van der Waals surface area contributed by atoms with Crippen LogP contribution >= 0.6 is 0 Å². The van der Waals surface area contributed by atoms with Crippen LogP contribution in [0.1, 0.15) is 22.4 Å². The molecule has 0 unspecified atom stereocenters. The summed E-state index contributed by atoms with van der Waals surface area (Å²) in [7, 11) is 0. The molecule has 10 rings (SSSR count). The maximum absolute atomic E-state index is 5.25. The molecule has 244 valence electrons. The van der Waals surface area contributed by atoms with E-state index in [4.69, 9.17) is 9.97 Å². The Bertz CT molecular complexity index is 2600. The van der Waals surface area contributed by atoms with Crippen molar-refractivity contribution in [1.29, 1.82) is 0 Å². The Balaban J connectivity index is 1.32. The number of fused-ring (bicyclic) bond motifs is 5. The van der Waals surface area contributed by atoms with Gasteiger partial charge in [-0.05, 0) is 52.6 Å². The van der Waals surface area contributed by atoms with Crippen LogP contribution in [-0.2, 0) is 5.41 Å². The highest BCUT2D eigenvalue weighted by Crippen LogP contribution is 2.60. The van der Waals surface area contributed by atoms with E-state index in [9.17, 15) is 0 Å². The minimum absolute atomic E-state index is 0.629. The summed E-state index contributed by atoms with van der Waals surface area (Å²) in [6.45, 7) is 0. The standard InChI is InChI=1S/C49H33N3/c1-6-18-34(19-7-1)43-33-44(51-48(50-43)35-20-8-2-9-21-35)36-30-31-40-42(32-36)49(37-22-10-3-11-23-37,38-24-12-4-13-25-38)47-46(40)41-28-16-17-29-45(41)52(47)39-26-14-5-15-27-39/h1-33H. The van der Waals surface area contributed by atoms with E-state index < -0.39 is 5.41 Å². The lowest BCUT2D eigenvalue weighted by Crippen LogP contribution is -2.31. The van der Waals surface area contributed by atoms with E-state index in [2.05, 4.69) is 180 Å². The molecule has 0 saturated heterocycles. The van der Waals surface area contributed by atoms with E-state index in [1.165, 1.54) is 44.4 Å². The largest absolute Gasteiger partial charge is 0.311 e. The smallest absolute Gasteiger partial charge is 0.160 e. The number of para-hydroxylation sites is 2. The fourth-order valence-electron chi connectivity index (χ4n) is 8.27. The van der Waals surface area contributed by atoms with Crippen molar-refractivity contribution in [3.8, 4) is 50.7 Å². The Morgan fingerprint density at radius 1 is 0.423 bits per heavy atom. The first-order valence-electron chi connectivity index (χ1n) is 17.8. The zero-order chi connectivity index (χ0) is 34.5. The van der Waals surface area contributed by atoms with Gasteiger partial charge < -0.3 is 4.57 Å². The van der Waals surface area contributed by atoms with Crippen LogP contribution in [0, 0.1) is 0 Å². The first-order valence-corrected chi connectivity index (χ1v) is 17.8. The molecule has 0 N–H and O–H groups in total. The molecule has 0 fully saturated rings. The van der Waals surface area contributed by atoms with Gasteiger partial charge in [-0.2, -0.15) is 0 Å². The molecule has 9 aromatic rings. The first-order chi connectivity index (χ1) is 25.8. The Kier molecular flexibility index (Phi) is 7.04. The third kappa shape index (κ3) is 4.60. The van der Waals surface area contributed by atoms with E-state index >= 15 is 0 Å². The highest BCUT2D eigenvalue weighted by molar-refractivity contribution is 6.05. The van der Waals surface area contributed by atoms with Crippen molar-refractivity contribution >= 4 is 10.9 Å². The van der Waals surface area contributed by atoms with Gasteiger partial charge in [0.1, 0.15) is 0 Å². The topological polar surface area (TPSA) is 30.7 Å². The highest BCUT2D eigenvalue weighted by atomic mass is 15.0. The van der Waals surface area contributed by atoms with Crippen molar-refractivity contribution in [2.45, 2.75) is 5.41 Å². The van der Waals surface area contributed by atoms with Crippen LogP contribution in [0.5, 0.6) is 0 Å². The van der Waals surface area contributed by atoms with Crippen LogP contribution in [0.15, 0.2) is 200 Å². The van der Waals surface area contributed by atoms with Crippen LogP contribution in [0.4, 0.5) is 0 Å². The number of hydrogen-bond donors (Lipinski definition) is 0. The highest BCUT2D eigenvalue weighted by Gasteiger charge is 2.50. The van der Waals surface area contributed by atoms with Gasteiger partial charge >= 0.3 is 0 Å². The number of hydrogen-bond acceptors (Lipinski definition) is 2. The van der Waals surface area contributed by atoms with Crippen molar-refractivity contribution in [3.63, 3.8) is 0 Å². The van der Waals surface area contributed by atoms with Crippen molar-refractivity contribution in [1.82, 2.24) is 14.5 Å².